The van der Waals surface area contributed by atoms with Gasteiger partial charge in [0.25, 0.3) is 0 Å². The van der Waals surface area contributed by atoms with Crippen molar-refractivity contribution in [2.24, 2.45) is 0 Å². The van der Waals surface area contributed by atoms with Gasteiger partial charge in [-0.3, -0.25) is 14.6 Å². The molecule has 3 rings (SSSR count). The van der Waals surface area contributed by atoms with E-state index in [1.54, 1.807) is 0 Å². The van der Waals surface area contributed by atoms with Crippen LogP contribution in [0.1, 0.15) is 25.7 Å². The fourth-order valence-electron chi connectivity index (χ4n) is 3.92. The molecule has 3 aliphatic heterocycles. The standard InChI is InChI=1S/C13H22N2O2S/c16-13(17)8-10-9-18-7-6-15(10)12-3-5-14-4-1-2-11(12)14/h10-12H,1-9H2,(H,16,17). The normalized spacial score (nSPS) is 37.9. The van der Waals surface area contributed by atoms with E-state index in [4.69, 9.17) is 5.11 Å². The zero-order valence-electron chi connectivity index (χ0n) is 10.8. The maximum absolute atomic E-state index is 11.0. The summed E-state index contributed by atoms with van der Waals surface area (Å²) in [4.78, 5) is 16.2. The van der Waals surface area contributed by atoms with Gasteiger partial charge in [0.05, 0.1) is 6.42 Å². The minimum Gasteiger partial charge on any atom is -0.481 e. The van der Waals surface area contributed by atoms with Gasteiger partial charge in [0.2, 0.25) is 0 Å². The first-order valence-corrected chi connectivity index (χ1v) is 8.20. The van der Waals surface area contributed by atoms with Crippen LogP contribution < -0.4 is 0 Å². The summed E-state index contributed by atoms with van der Waals surface area (Å²) in [6.45, 7) is 3.56. The van der Waals surface area contributed by atoms with Crippen LogP contribution in [0.25, 0.3) is 0 Å². The highest BCUT2D eigenvalue weighted by molar-refractivity contribution is 7.99. The minimum absolute atomic E-state index is 0.256. The average Bonchev–Trinajstić information content (AvgIpc) is 2.91. The van der Waals surface area contributed by atoms with Crippen LogP contribution in [-0.2, 0) is 4.79 Å². The summed E-state index contributed by atoms with van der Waals surface area (Å²) in [5.41, 5.74) is 0. The van der Waals surface area contributed by atoms with E-state index in [1.165, 1.54) is 38.1 Å². The zero-order valence-corrected chi connectivity index (χ0v) is 11.6. The third-order valence-electron chi connectivity index (χ3n) is 4.68. The number of carboxylic acids is 1. The summed E-state index contributed by atoms with van der Waals surface area (Å²) in [6.07, 6.45) is 4.20. The summed E-state index contributed by atoms with van der Waals surface area (Å²) < 4.78 is 0. The highest BCUT2D eigenvalue weighted by Crippen LogP contribution is 2.34. The first kappa shape index (κ1) is 12.8. The van der Waals surface area contributed by atoms with Crippen LogP contribution in [0.3, 0.4) is 0 Å². The van der Waals surface area contributed by atoms with Gasteiger partial charge in [-0.25, -0.2) is 0 Å². The number of aliphatic carboxylic acids is 1. The summed E-state index contributed by atoms with van der Waals surface area (Å²) in [6, 6.07) is 1.59. The quantitative estimate of drug-likeness (QED) is 0.832. The molecule has 0 aliphatic carbocycles. The number of rotatable bonds is 3. The summed E-state index contributed by atoms with van der Waals surface area (Å²) in [7, 11) is 0. The molecule has 3 fully saturated rings. The number of fused-ring (bicyclic) bond motifs is 1. The molecule has 5 heteroatoms. The molecule has 3 unspecified atom stereocenters. The van der Waals surface area contributed by atoms with Gasteiger partial charge in [-0.15, -0.1) is 0 Å². The van der Waals surface area contributed by atoms with Crippen LogP contribution in [0.4, 0.5) is 0 Å². The van der Waals surface area contributed by atoms with E-state index in [2.05, 4.69) is 9.80 Å². The number of hydrogen-bond donors (Lipinski definition) is 1. The SMILES string of the molecule is O=C(O)CC1CSCCN1C1CCN2CCCC12. The summed E-state index contributed by atoms with van der Waals surface area (Å²) >= 11 is 1.91. The Hall–Kier alpha value is -0.260. The number of hydrogen-bond acceptors (Lipinski definition) is 4. The lowest BCUT2D eigenvalue weighted by molar-refractivity contribution is -0.138. The maximum Gasteiger partial charge on any atom is 0.304 e. The third-order valence-corrected chi connectivity index (χ3v) is 5.77. The first-order chi connectivity index (χ1) is 8.75. The molecule has 0 spiro atoms. The van der Waals surface area contributed by atoms with Crippen molar-refractivity contribution >= 4 is 17.7 Å². The maximum atomic E-state index is 11.0. The fraction of sp³-hybridized carbons (Fsp3) is 0.923. The molecule has 0 aromatic carbocycles. The Kier molecular flexibility index (Phi) is 3.82. The van der Waals surface area contributed by atoms with Crippen molar-refractivity contribution in [1.29, 1.82) is 0 Å². The first-order valence-electron chi connectivity index (χ1n) is 7.05. The van der Waals surface area contributed by atoms with Crippen molar-refractivity contribution in [3.8, 4) is 0 Å². The molecule has 3 atom stereocenters. The number of thioether (sulfide) groups is 1. The largest absolute Gasteiger partial charge is 0.481 e. The van der Waals surface area contributed by atoms with Crippen molar-refractivity contribution in [3.05, 3.63) is 0 Å². The monoisotopic (exact) mass is 270 g/mol. The lowest BCUT2D eigenvalue weighted by Crippen LogP contribution is -2.52. The molecule has 3 heterocycles. The average molecular weight is 270 g/mol. The Bertz CT molecular complexity index is 326. The van der Waals surface area contributed by atoms with Crippen molar-refractivity contribution < 1.29 is 9.90 Å². The molecule has 1 N–H and O–H groups in total. The van der Waals surface area contributed by atoms with Crippen molar-refractivity contribution in [2.75, 3.05) is 31.1 Å². The number of nitrogens with zero attached hydrogens (tertiary/aromatic N) is 2. The minimum atomic E-state index is -0.645. The number of carbonyl (C=O) groups is 1. The van der Waals surface area contributed by atoms with Crippen LogP contribution in [0.15, 0.2) is 0 Å². The Morgan fingerprint density at radius 3 is 2.94 bits per heavy atom. The molecule has 0 bridgehead atoms. The van der Waals surface area contributed by atoms with Crippen LogP contribution in [0.5, 0.6) is 0 Å². The predicted octanol–water partition coefficient (Wildman–Crippen LogP) is 1.12. The number of carboxylic acid groups (broad SMARTS) is 1. The molecule has 0 aromatic heterocycles. The topological polar surface area (TPSA) is 43.8 Å². The third kappa shape index (κ3) is 2.40. The van der Waals surface area contributed by atoms with Crippen molar-refractivity contribution in [2.45, 2.75) is 43.8 Å². The molecule has 0 aromatic rings. The molecule has 0 radical (unpaired) electrons. The van der Waals surface area contributed by atoms with Crippen molar-refractivity contribution in [1.82, 2.24) is 9.80 Å². The zero-order chi connectivity index (χ0) is 12.5. The van der Waals surface area contributed by atoms with Gasteiger partial charge in [0.15, 0.2) is 0 Å². The van der Waals surface area contributed by atoms with Gasteiger partial charge in [-0.1, -0.05) is 0 Å². The Morgan fingerprint density at radius 1 is 1.22 bits per heavy atom. The van der Waals surface area contributed by atoms with Crippen LogP contribution in [-0.4, -0.2) is 70.1 Å². The Morgan fingerprint density at radius 2 is 2.11 bits per heavy atom. The molecule has 18 heavy (non-hydrogen) atoms. The van der Waals surface area contributed by atoms with Gasteiger partial charge in [-0.05, 0) is 25.8 Å². The highest BCUT2D eigenvalue weighted by Gasteiger charge is 2.42. The highest BCUT2D eigenvalue weighted by atomic mass is 32.2. The summed E-state index contributed by atoms with van der Waals surface area (Å²) in [5.74, 6) is 1.52. The second-order valence-corrected chi connectivity index (χ2v) is 6.82. The fourth-order valence-corrected chi connectivity index (χ4v) is 5.01. The van der Waals surface area contributed by atoms with E-state index in [1.807, 2.05) is 11.8 Å². The van der Waals surface area contributed by atoms with Gasteiger partial charge < -0.3 is 5.11 Å². The Balaban J connectivity index is 1.70. The second-order valence-electron chi connectivity index (χ2n) is 5.67. The molecule has 0 saturated carbocycles. The van der Waals surface area contributed by atoms with E-state index in [0.717, 1.165) is 12.3 Å². The lowest BCUT2D eigenvalue weighted by atomic mass is 10.0. The smallest absolute Gasteiger partial charge is 0.304 e. The molecule has 3 saturated heterocycles. The van der Waals surface area contributed by atoms with Gasteiger partial charge in [0.1, 0.15) is 0 Å². The molecule has 4 nitrogen and oxygen atoms in total. The molecule has 3 aliphatic rings. The van der Waals surface area contributed by atoms with Crippen LogP contribution in [0, 0.1) is 0 Å². The van der Waals surface area contributed by atoms with E-state index in [-0.39, 0.29) is 6.04 Å². The molecular weight excluding hydrogens is 248 g/mol. The van der Waals surface area contributed by atoms with E-state index < -0.39 is 5.97 Å². The van der Waals surface area contributed by atoms with Crippen molar-refractivity contribution in [3.63, 3.8) is 0 Å². The van der Waals surface area contributed by atoms with E-state index >= 15 is 0 Å². The van der Waals surface area contributed by atoms with E-state index in [9.17, 15) is 4.79 Å². The van der Waals surface area contributed by atoms with Gasteiger partial charge in [-0.2, -0.15) is 11.8 Å². The van der Waals surface area contributed by atoms with E-state index in [0.29, 0.717) is 18.5 Å². The van der Waals surface area contributed by atoms with Gasteiger partial charge >= 0.3 is 5.97 Å². The van der Waals surface area contributed by atoms with Crippen LogP contribution in [0.2, 0.25) is 0 Å². The van der Waals surface area contributed by atoms with Gasteiger partial charge in [0, 0.05) is 42.7 Å². The van der Waals surface area contributed by atoms with Crippen LogP contribution >= 0.6 is 11.8 Å². The second kappa shape index (κ2) is 5.39. The predicted molar refractivity (Wildman–Crippen MR) is 73.1 cm³/mol. The lowest BCUT2D eigenvalue weighted by Gasteiger charge is -2.41. The molecule has 0 amide bonds. The summed E-state index contributed by atoms with van der Waals surface area (Å²) in [5, 5.41) is 9.07. The molecule has 102 valence electrons. The Labute approximate surface area is 113 Å². The molecular formula is C13H22N2O2S.